The minimum Gasteiger partial charge on any atom is -0.388 e. The van der Waals surface area contributed by atoms with E-state index in [-0.39, 0.29) is 23.5 Å². The summed E-state index contributed by atoms with van der Waals surface area (Å²) < 4.78 is 9.85. The van der Waals surface area contributed by atoms with Gasteiger partial charge >= 0.3 is 0 Å². The maximum atomic E-state index is 14.3. The lowest BCUT2D eigenvalue weighted by Gasteiger charge is -2.32. The van der Waals surface area contributed by atoms with Crippen LogP contribution in [-0.4, -0.2) is 60.1 Å². The molecule has 1 fully saturated rings. The number of aliphatic hydroxyl groups is 3. The Balaban J connectivity index is 1.44. The Bertz CT molecular complexity index is 1640. The first-order chi connectivity index (χ1) is 21.1. The Morgan fingerprint density at radius 1 is 1.09 bits per heavy atom. The van der Waals surface area contributed by atoms with Crippen molar-refractivity contribution < 1.29 is 20.1 Å². The van der Waals surface area contributed by atoms with Gasteiger partial charge in [0.15, 0.2) is 0 Å². The predicted octanol–water partition coefficient (Wildman–Crippen LogP) is 4.16. The fraction of sp³-hybridized carbons (Fsp3) is 0.441. The van der Waals surface area contributed by atoms with Crippen LogP contribution in [0.5, 0.6) is 0 Å². The molecule has 1 aliphatic carbocycles. The summed E-state index contributed by atoms with van der Waals surface area (Å²) in [6.45, 7) is 5.89. The van der Waals surface area contributed by atoms with E-state index in [4.69, 9.17) is 10.1 Å². The van der Waals surface area contributed by atoms with Gasteiger partial charge in [-0.15, -0.1) is 0 Å². The van der Waals surface area contributed by atoms with E-state index in [2.05, 4.69) is 17.3 Å². The van der Waals surface area contributed by atoms with E-state index in [1.807, 2.05) is 51.5 Å². The average molecular weight is 602 g/mol. The molecule has 5 rings (SSSR count). The van der Waals surface area contributed by atoms with E-state index in [0.29, 0.717) is 18.6 Å². The molecular formula is C34H43N5O5. The van der Waals surface area contributed by atoms with Gasteiger partial charge in [0.25, 0.3) is 5.56 Å². The molecule has 0 radical (unpaired) electrons. The Labute approximate surface area is 257 Å². The molecule has 1 aliphatic rings. The Morgan fingerprint density at radius 3 is 2.45 bits per heavy atom. The van der Waals surface area contributed by atoms with Crippen LogP contribution in [0.3, 0.4) is 0 Å². The standard InChI is InChI=1S/C34H43N5O5/c1-4-7-29-28(20-22-10-12-23(13-11-22)26-8-5-6-9-27(26)31(35)37-33(41)42)32(40)38(30-18-19-36-39(29)30)24-14-16-25(17-15-24)44-21-34(2,3)43/h5-6,8-13,18-19,24-25,33,41-43H,4,7,14-17,20-21H2,1-3H3,(H2,35,37)/t24-,25-. The second kappa shape index (κ2) is 13.4. The highest BCUT2D eigenvalue weighted by atomic mass is 16.5. The van der Waals surface area contributed by atoms with Gasteiger partial charge in [0.1, 0.15) is 11.5 Å². The average Bonchev–Trinajstić information content (AvgIpc) is 3.47. The molecule has 0 unspecified atom stereocenters. The summed E-state index contributed by atoms with van der Waals surface area (Å²) in [5.74, 6) is -0.0882. The summed E-state index contributed by atoms with van der Waals surface area (Å²) in [6, 6.07) is 17.2. The van der Waals surface area contributed by atoms with Crippen LogP contribution in [0.1, 0.15) is 81.3 Å². The van der Waals surface area contributed by atoms with Gasteiger partial charge in [-0.05, 0) is 62.6 Å². The highest BCUT2D eigenvalue weighted by Crippen LogP contribution is 2.32. The van der Waals surface area contributed by atoms with Crippen LogP contribution in [0.15, 0.2) is 65.6 Å². The van der Waals surface area contributed by atoms with Crippen LogP contribution in [0.25, 0.3) is 16.8 Å². The number of aryl methyl sites for hydroxylation is 1. The molecule has 234 valence electrons. The molecule has 44 heavy (non-hydrogen) atoms. The lowest BCUT2D eigenvalue weighted by Crippen LogP contribution is -2.36. The number of hydrogen-bond acceptors (Lipinski definition) is 7. The second-order valence-corrected chi connectivity index (χ2v) is 12.3. The molecule has 4 aromatic rings. The summed E-state index contributed by atoms with van der Waals surface area (Å²) in [5.41, 5.74) is 4.86. The third-order valence-electron chi connectivity index (χ3n) is 8.23. The molecule has 2 aromatic carbocycles. The van der Waals surface area contributed by atoms with Gasteiger partial charge in [0, 0.05) is 29.7 Å². The summed E-state index contributed by atoms with van der Waals surface area (Å²) in [4.78, 5) is 14.3. The molecule has 0 spiro atoms. The van der Waals surface area contributed by atoms with Crippen LogP contribution >= 0.6 is 0 Å². The topological polar surface area (TPSA) is 145 Å². The number of nitrogens with zero attached hydrogens (tertiary/aromatic N) is 3. The van der Waals surface area contributed by atoms with Crippen LogP contribution in [0.2, 0.25) is 0 Å². The van der Waals surface area contributed by atoms with Gasteiger partial charge in [0.2, 0.25) is 6.41 Å². The SMILES string of the molecule is CCCc1c(Cc2ccc(-c3ccccc3C(=N)NC(O)O)cc2)c(=O)n([C@H]2CC[C@H](OCC(C)(C)O)CC2)c2ccnn12. The zero-order valence-electron chi connectivity index (χ0n) is 25.7. The normalized spacial score (nSPS) is 17.3. The zero-order valence-corrected chi connectivity index (χ0v) is 25.7. The second-order valence-electron chi connectivity index (χ2n) is 12.3. The lowest BCUT2D eigenvalue weighted by molar-refractivity contribution is -0.0654. The molecule has 0 atom stereocenters. The van der Waals surface area contributed by atoms with E-state index in [1.165, 1.54) is 0 Å². The number of aromatic nitrogens is 3. The highest BCUT2D eigenvalue weighted by molar-refractivity contribution is 6.02. The van der Waals surface area contributed by atoms with Crippen molar-refractivity contribution in [2.75, 3.05) is 6.61 Å². The Kier molecular flexibility index (Phi) is 9.65. The number of ether oxygens (including phenoxy) is 1. The molecule has 2 aromatic heterocycles. The number of hydrogen-bond donors (Lipinski definition) is 5. The lowest BCUT2D eigenvalue weighted by atomic mass is 9.92. The van der Waals surface area contributed by atoms with E-state index in [9.17, 15) is 20.1 Å². The maximum Gasteiger partial charge on any atom is 0.257 e. The van der Waals surface area contributed by atoms with E-state index < -0.39 is 12.0 Å². The Morgan fingerprint density at radius 2 is 1.80 bits per heavy atom. The summed E-state index contributed by atoms with van der Waals surface area (Å²) in [7, 11) is 0. The van der Waals surface area contributed by atoms with E-state index in [0.717, 1.165) is 72.1 Å². The predicted molar refractivity (Wildman–Crippen MR) is 170 cm³/mol. The van der Waals surface area contributed by atoms with Crippen LogP contribution < -0.4 is 10.9 Å². The molecule has 0 amide bonds. The van der Waals surface area contributed by atoms with Crippen molar-refractivity contribution in [1.82, 2.24) is 19.5 Å². The third kappa shape index (κ3) is 7.10. The number of nitrogens with one attached hydrogen (secondary N) is 2. The highest BCUT2D eigenvalue weighted by Gasteiger charge is 2.28. The molecule has 5 N–H and O–H groups in total. The zero-order chi connectivity index (χ0) is 31.4. The monoisotopic (exact) mass is 601 g/mol. The first-order valence-electron chi connectivity index (χ1n) is 15.4. The van der Waals surface area contributed by atoms with Gasteiger partial charge in [0.05, 0.1) is 30.2 Å². The van der Waals surface area contributed by atoms with Crippen molar-refractivity contribution in [3.63, 3.8) is 0 Å². The first kappa shape index (κ1) is 31.6. The number of rotatable bonds is 11. The molecular weight excluding hydrogens is 558 g/mol. The smallest absolute Gasteiger partial charge is 0.257 e. The fourth-order valence-electron chi connectivity index (χ4n) is 6.17. The van der Waals surface area contributed by atoms with E-state index >= 15 is 0 Å². The van der Waals surface area contributed by atoms with Gasteiger partial charge in [-0.1, -0.05) is 61.9 Å². The number of fused-ring (bicyclic) bond motifs is 1. The number of amidine groups is 1. The van der Waals surface area contributed by atoms with Gasteiger partial charge in [-0.2, -0.15) is 5.10 Å². The molecule has 10 heteroatoms. The largest absolute Gasteiger partial charge is 0.388 e. The van der Waals surface area contributed by atoms with Crippen LogP contribution in [0.4, 0.5) is 0 Å². The Hall–Kier alpha value is -3.83. The fourth-order valence-corrected chi connectivity index (χ4v) is 6.17. The van der Waals surface area contributed by atoms with Crippen LogP contribution in [-0.2, 0) is 17.6 Å². The van der Waals surface area contributed by atoms with Crippen molar-refractivity contribution in [1.29, 1.82) is 5.41 Å². The number of benzene rings is 2. The molecule has 0 saturated heterocycles. The van der Waals surface area contributed by atoms with Crippen molar-refractivity contribution in [3.05, 3.63) is 93.5 Å². The van der Waals surface area contributed by atoms with Crippen molar-refractivity contribution >= 4 is 11.5 Å². The first-order valence-corrected chi connectivity index (χ1v) is 15.4. The van der Waals surface area contributed by atoms with Crippen LogP contribution in [0, 0.1) is 5.41 Å². The molecule has 0 bridgehead atoms. The maximum absolute atomic E-state index is 14.3. The van der Waals surface area contributed by atoms with Gasteiger partial charge in [-0.3, -0.25) is 14.8 Å². The summed E-state index contributed by atoms with van der Waals surface area (Å²) in [6.07, 6.45) is 5.37. The third-order valence-corrected chi connectivity index (χ3v) is 8.23. The van der Waals surface area contributed by atoms with Crippen molar-refractivity contribution in [2.24, 2.45) is 0 Å². The van der Waals surface area contributed by atoms with Gasteiger partial charge < -0.3 is 25.4 Å². The minimum atomic E-state index is -1.83. The number of aliphatic hydroxyl groups excluding tert-OH is 1. The van der Waals surface area contributed by atoms with Crippen molar-refractivity contribution in [3.8, 4) is 11.1 Å². The molecule has 0 aliphatic heterocycles. The summed E-state index contributed by atoms with van der Waals surface area (Å²) in [5, 5.41) is 43.8. The quantitative estimate of drug-likeness (QED) is 0.0986. The van der Waals surface area contributed by atoms with Crippen molar-refractivity contribution in [2.45, 2.75) is 89.9 Å². The molecule has 1 saturated carbocycles. The van der Waals surface area contributed by atoms with E-state index in [1.54, 1.807) is 32.2 Å². The summed E-state index contributed by atoms with van der Waals surface area (Å²) >= 11 is 0. The molecule has 2 heterocycles. The molecule has 10 nitrogen and oxygen atoms in total. The minimum absolute atomic E-state index is 0.0267. The van der Waals surface area contributed by atoms with Gasteiger partial charge in [-0.25, -0.2) is 4.52 Å².